The number of nitrogens with zero attached hydrogens (tertiary/aromatic N) is 3. The third-order valence-electron chi connectivity index (χ3n) is 4.76. The van der Waals surface area contributed by atoms with E-state index in [0.29, 0.717) is 31.0 Å². The number of carbonyl (C=O) groups excluding carboxylic acids is 1. The fraction of sp³-hybridized carbons (Fsp3) is 0.550. The highest BCUT2D eigenvalue weighted by Crippen LogP contribution is 2.36. The Morgan fingerprint density at radius 3 is 2.81 bits per heavy atom. The average Bonchev–Trinajstić information content (AvgIpc) is 3.24. The number of rotatable bonds is 5. The van der Waals surface area contributed by atoms with Gasteiger partial charge in [-0.2, -0.15) is 4.98 Å². The molecule has 1 saturated heterocycles. The first kappa shape index (κ1) is 18.9. The van der Waals surface area contributed by atoms with E-state index < -0.39 is 0 Å². The zero-order chi connectivity index (χ0) is 18.7. The Morgan fingerprint density at radius 1 is 1.35 bits per heavy atom. The van der Waals surface area contributed by atoms with Crippen LogP contribution >= 0.6 is 11.6 Å². The van der Waals surface area contributed by atoms with Gasteiger partial charge in [-0.05, 0) is 30.9 Å². The molecular weight excluding hydrogens is 350 g/mol. The summed E-state index contributed by atoms with van der Waals surface area (Å²) in [4.78, 5) is 19.1. The summed E-state index contributed by atoms with van der Waals surface area (Å²) in [7, 11) is 0. The van der Waals surface area contributed by atoms with Crippen LogP contribution in [0.3, 0.4) is 0 Å². The molecule has 26 heavy (non-hydrogen) atoms. The Balaban J connectivity index is 1.56. The lowest BCUT2D eigenvalue weighted by atomic mass is 9.96. The zero-order valence-corrected chi connectivity index (χ0v) is 16.4. The summed E-state index contributed by atoms with van der Waals surface area (Å²) < 4.78 is 5.30. The van der Waals surface area contributed by atoms with Crippen molar-refractivity contribution in [1.82, 2.24) is 15.0 Å². The predicted molar refractivity (Wildman–Crippen MR) is 101 cm³/mol. The van der Waals surface area contributed by atoms with Crippen LogP contribution in [0.1, 0.15) is 69.8 Å². The molecule has 1 aromatic carbocycles. The lowest BCUT2D eigenvalue weighted by Crippen LogP contribution is -2.30. The largest absolute Gasteiger partial charge is 0.339 e. The van der Waals surface area contributed by atoms with Crippen LogP contribution in [0, 0.1) is 0 Å². The molecule has 2 heterocycles. The summed E-state index contributed by atoms with van der Waals surface area (Å²) in [5.74, 6) is 1.48. The lowest BCUT2D eigenvalue weighted by Gasteiger charge is -2.25. The van der Waals surface area contributed by atoms with E-state index in [1.807, 2.05) is 49.9 Å². The maximum absolute atomic E-state index is 12.7. The molecule has 1 aliphatic rings. The maximum Gasteiger partial charge on any atom is 0.226 e. The lowest BCUT2D eigenvalue weighted by molar-refractivity contribution is -0.132. The highest BCUT2D eigenvalue weighted by atomic mass is 35.5. The topological polar surface area (TPSA) is 59.2 Å². The normalized spacial score (nSPS) is 17.7. The van der Waals surface area contributed by atoms with Crippen molar-refractivity contribution in [3.8, 4) is 0 Å². The van der Waals surface area contributed by atoms with Gasteiger partial charge in [0.2, 0.25) is 11.8 Å². The van der Waals surface area contributed by atoms with Gasteiger partial charge >= 0.3 is 0 Å². The van der Waals surface area contributed by atoms with Gasteiger partial charge in [-0.1, -0.05) is 55.7 Å². The molecule has 0 bridgehead atoms. The summed E-state index contributed by atoms with van der Waals surface area (Å²) in [6.45, 7) is 6.94. The van der Waals surface area contributed by atoms with E-state index in [4.69, 9.17) is 16.1 Å². The molecule has 1 unspecified atom stereocenters. The molecular formula is C20H26ClN3O2. The molecule has 0 aliphatic carbocycles. The number of carbonyl (C=O) groups is 1. The molecule has 5 nitrogen and oxygen atoms in total. The number of amides is 1. The van der Waals surface area contributed by atoms with E-state index >= 15 is 0 Å². The summed E-state index contributed by atoms with van der Waals surface area (Å²) in [5, 5.41) is 4.76. The Hall–Kier alpha value is -1.88. The molecule has 0 spiro atoms. The molecule has 1 aliphatic heterocycles. The molecule has 1 fully saturated rings. The minimum atomic E-state index is -0.130. The average molecular weight is 376 g/mol. The number of hydrogen-bond acceptors (Lipinski definition) is 4. The van der Waals surface area contributed by atoms with Crippen molar-refractivity contribution in [1.29, 1.82) is 0 Å². The van der Waals surface area contributed by atoms with Crippen LogP contribution in [0.15, 0.2) is 28.8 Å². The molecule has 1 atom stereocenters. The van der Waals surface area contributed by atoms with Crippen molar-refractivity contribution in [2.45, 2.75) is 64.3 Å². The van der Waals surface area contributed by atoms with Crippen molar-refractivity contribution in [3.63, 3.8) is 0 Å². The summed E-state index contributed by atoms with van der Waals surface area (Å²) in [5.41, 5.74) is 0.918. The highest BCUT2D eigenvalue weighted by Gasteiger charge is 2.30. The number of halogens is 1. The van der Waals surface area contributed by atoms with Gasteiger partial charge in [0.25, 0.3) is 0 Å². The fourth-order valence-electron chi connectivity index (χ4n) is 3.33. The van der Waals surface area contributed by atoms with Crippen molar-refractivity contribution in [2.75, 3.05) is 6.54 Å². The number of aromatic nitrogens is 2. The van der Waals surface area contributed by atoms with E-state index in [-0.39, 0.29) is 17.4 Å². The third-order valence-corrected chi connectivity index (χ3v) is 5.10. The van der Waals surface area contributed by atoms with Crippen molar-refractivity contribution in [3.05, 3.63) is 46.6 Å². The molecule has 3 rings (SSSR count). The first-order chi connectivity index (χ1) is 12.4. The Bertz CT molecular complexity index is 766. The summed E-state index contributed by atoms with van der Waals surface area (Å²) in [6.07, 6.45) is 3.79. The second kappa shape index (κ2) is 7.78. The monoisotopic (exact) mass is 375 g/mol. The van der Waals surface area contributed by atoms with Gasteiger partial charge in [0.05, 0.1) is 6.04 Å². The van der Waals surface area contributed by atoms with Crippen LogP contribution < -0.4 is 0 Å². The van der Waals surface area contributed by atoms with Gasteiger partial charge in [-0.3, -0.25) is 4.79 Å². The first-order valence-electron chi connectivity index (χ1n) is 9.23. The van der Waals surface area contributed by atoms with Gasteiger partial charge in [0.1, 0.15) is 0 Å². The molecule has 2 aromatic rings. The van der Waals surface area contributed by atoms with Crippen LogP contribution in [0.2, 0.25) is 5.02 Å². The van der Waals surface area contributed by atoms with Crippen molar-refractivity contribution >= 4 is 17.5 Å². The minimum absolute atomic E-state index is 0.0899. The summed E-state index contributed by atoms with van der Waals surface area (Å²) in [6, 6.07) is 7.89. The molecule has 140 valence electrons. The van der Waals surface area contributed by atoms with Crippen LogP contribution in [-0.4, -0.2) is 27.5 Å². The van der Waals surface area contributed by atoms with E-state index in [0.717, 1.165) is 30.0 Å². The Kier molecular flexibility index (Phi) is 5.66. The van der Waals surface area contributed by atoms with Crippen LogP contribution in [0.25, 0.3) is 0 Å². The number of hydrogen-bond donors (Lipinski definition) is 0. The Labute approximate surface area is 159 Å². The standard InChI is InChI=1S/C20H26ClN3O2/c1-20(2,3)19-22-17(26-23-19)11-6-12-18(25)24-13-7-10-16(24)14-8-4-5-9-15(14)21/h4-5,8-9,16H,6-7,10-13H2,1-3H3. The van der Waals surface area contributed by atoms with Crippen molar-refractivity contribution < 1.29 is 9.32 Å². The maximum atomic E-state index is 12.7. The predicted octanol–water partition coefficient (Wildman–Crippen LogP) is 4.71. The second-order valence-electron chi connectivity index (χ2n) is 7.88. The van der Waals surface area contributed by atoms with Gasteiger partial charge < -0.3 is 9.42 Å². The van der Waals surface area contributed by atoms with E-state index in [1.165, 1.54) is 0 Å². The van der Waals surface area contributed by atoms with Crippen LogP contribution in [-0.2, 0) is 16.6 Å². The summed E-state index contributed by atoms with van der Waals surface area (Å²) >= 11 is 6.33. The molecule has 1 amide bonds. The first-order valence-corrected chi connectivity index (χ1v) is 9.61. The molecule has 0 saturated carbocycles. The van der Waals surface area contributed by atoms with Crippen LogP contribution in [0.5, 0.6) is 0 Å². The van der Waals surface area contributed by atoms with Gasteiger partial charge in [-0.15, -0.1) is 0 Å². The van der Waals surface area contributed by atoms with Gasteiger partial charge in [0.15, 0.2) is 5.82 Å². The quantitative estimate of drug-likeness (QED) is 0.759. The number of benzene rings is 1. The Morgan fingerprint density at radius 2 is 2.12 bits per heavy atom. The SMILES string of the molecule is CC(C)(C)c1noc(CCCC(=O)N2CCCC2c2ccccc2Cl)n1. The van der Waals surface area contributed by atoms with E-state index in [1.54, 1.807) is 0 Å². The van der Waals surface area contributed by atoms with Gasteiger partial charge in [-0.25, -0.2) is 0 Å². The van der Waals surface area contributed by atoms with Crippen LogP contribution in [0.4, 0.5) is 0 Å². The van der Waals surface area contributed by atoms with E-state index in [9.17, 15) is 4.79 Å². The fourth-order valence-corrected chi connectivity index (χ4v) is 3.59. The second-order valence-corrected chi connectivity index (χ2v) is 8.29. The molecule has 0 N–H and O–H groups in total. The van der Waals surface area contributed by atoms with Gasteiger partial charge in [0, 0.05) is 29.8 Å². The number of aryl methyl sites for hydroxylation is 1. The molecule has 6 heteroatoms. The molecule has 0 radical (unpaired) electrons. The minimum Gasteiger partial charge on any atom is -0.339 e. The smallest absolute Gasteiger partial charge is 0.226 e. The highest BCUT2D eigenvalue weighted by molar-refractivity contribution is 6.31. The third kappa shape index (κ3) is 4.26. The number of likely N-dealkylation sites (tertiary alicyclic amines) is 1. The van der Waals surface area contributed by atoms with Crippen molar-refractivity contribution in [2.24, 2.45) is 0 Å². The molecule has 1 aromatic heterocycles. The zero-order valence-electron chi connectivity index (χ0n) is 15.7. The van der Waals surface area contributed by atoms with E-state index in [2.05, 4.69) is 10.1 Å².